The van der Waals surface area contributed by atoms with E-state index in [1.54, 1.807) is 0 Å². The Bertz CT molecular complexity index is 1780. The Morgan fingerprint density at radius 3 is 1.50 bits per heavy atom. The van der Waals surface area contributed by atoms with Crippen LogP contribution < -0.4 is 9.47 Å². The molecule has 0 amide bonds. The van der Waals surface area contributed by atoms with Gasteiger partial charge in [0, 0.05) is 36.1 Å². The Hall–Kier alpha value is -5.69. The topological polar surface area (TPSA) is 71.1 Å². The normalized spacial score (nSPS) is 11.2. The van der Waals surface area contributed by atoms with Gasteiger partial charge in [-0.05, 0) is 79.6 Å². The molecule has 0 N–H and O–H groups in total. The molecule has 3 aromatic rings. The molecule has 50 heavy (non-hydrogen) atoms. The zero-order valence-electron chi connectivity index (χ0n) is 26.3. The van der Waals surface area contributed by atoms with Crippen molar-refractivity contribution in [1.82, 2.24) is 0 Å². The van der Waals surface area contributed by atoms with E-state index in [9.17, 15) is 40.3 Å². The fourth-order valence-corrected chi connectivity index (χ4v) is 3.90. The number of alkyl halides is 7. The Kier molecular flexibility index (Phi) is 13.7. The molecule has 0 spiro atoms. The zero-order chi connectivity index (χ0) is 36.8. The summed E-state index contributed by atoms with van der Waals surface area (Å²) in [5.41, 5.74) is -2.58. The van der Waals surface area contributed by atoms with Gasteiger partial charge in [0.25, 0.3) is 0 Å². The summed E-state index contributed by atoms with van der Waals surface area (Å²) < 4.78 is 120. The first-order valence-electron chi connectivity index (χ1n) is 14.8. The number of carbonyl (C=O) groups is 2. The minimum absolute atomic E-state index is 0.115. The number of esters is 2. The van der Waals surface area contributed by atoms with Crippen molar-refractivity contribution in [3.63, 3.8) is 0 Å². The number of unbranched alkanes of at least 4 members (excludes halogenated alkanes) is 2. The van der Waals surface area contributed by atoms with Crippen LogP contribution in [0.15, 0.2) is 92.0 Å². The van der Waals surface area contributed by atoms with E-state index < -0.39 is 58.5 Å². The highest BCUT2D eigenvalue weighted by atomic mass is 19.4. The molecular formula is C37H29F7O6. The van der Waals surface area contributed by atoms with E-state index in [1.165, 1.54) is 24.3 Å². The third-order valence-electron chi connectivity index (χ3n) is 6.36. The van der Waals surface area contributed by atoms with Crippen LogP contribution in [0.3, 0.4) is 0 Å². The molecule has 13 heteroatoms. The predicted molar refractivity (Wildman–Crippen MR) is 168 cm³/mol. The molecule has 0 radical (unpaired) electrons. The first kappa shape index (κ1) is 38.8. The van der Waals surface area contributed by atoms with Gasteiger partial charge in [-0.1, -0.05) is 36.8 Å². The van der Waals surface area contributed by atoms with Gasteiger partial charge in [0.05, 0.1) is 24.3 Å². The molecule has 0 unspecified atom stereocenters. The van der Waals surface area contributed by atoms with Gasteiger partial charge >= 0.3 is 30.3 Å². The second-order valence-corrected chi connectivity index (χ2v) is 10.1. The van der Waals surface area contributed by atoms with Crippen molar-refractivity contribution in [2.75, 3.05) is 13.2 Å². The summed E-state index contributed by atoms with van der Waals surface area (Å²) in [5.74, 6) is 7.59. The van der Waals surface area contributed by atoms with Gasteiger partial charge in [-0.25, -0.2) is 9.59 Å². The Labute approximate surface area is 283 Å². The van der Waals surface area contributed by atoms with Gasteiger partial charge in [0.1, 0.15) is 17.1 Å². The van der Waals surface area contributed by atoms with Crippen LogP contribution in [0.4, 0.5) is 30.7 Å². The lowest BCUT2D eigenvalue weighted by Gasteiger charge is -2.23. The first-order valence-corrected chi connectivity index (χ1v) is 14.8. The molecule has 6 nitrogen and oxygen atoms in total. The molecular weight excluding hydrogens is 673 g/mol. The molecule has 0 fully saturated rings. The Morgan fingerprint density at radius 2 is 1.08 bits per heavy atom. The predicted octanol–water partition coefficient (Wildman–Crippen LogP) is 8.68. The Balaban J connectivity index is 1.67. The number of rotatable bonds is 14. The number of ether oxygens (including phenoxy) is 4. The van der Waals surface area contributed by atoms with E-state index in [4.69, 9.17) is 9.47 Å². The summed E-state index contributed by atoms with van der Waals surface area (Å²) in [6.07, 6.45) is -10.1. The van der Waals surface area contributed by atoms with Crippen molar-refractivity contribution in [2.24, 2.45) is 0 Å². The number of halogens is 7. The second kappa shape index (κ2) is 17.6. The number of carbonyl (C=O) groups excluding carboxylic acids is 2. The molecule has 0 heterocycles. The fourth-order valence-electron chi connectivity index (χ4n) is 3.90. The van der Waals surface area contributed by atoms with Gasteiger partial charge in [0.2, 0.25) is 0 Å². The van der Waals surface area contributed by atoms with E-state index in [1.807, 2.05) is 0 Å². The van der Waals surface area contributed by atoms with Crippen molar-refractivity contribution in [3.8, 4) is 35.2 Å². The summed E-state index contributed by atoms with van der Waals surface area (Å²) in [7, 11) is 0. The van der Waals surface area contributed by atoms with E-state index in [-0.39, 0.29) is 19.3 Å². The molecule has 3 rings (SSSR count). The zero-order valence-corrected chi connectivity index (χ0v) is 26.3. The molecule has 0 saturated heterocycles. The summed E-state index contributed by atoms with van der Waals surface area (Å²) in [6.45, 7) is 6.77. The van der Waals surface area contributed by atoms with Gasteiger partial charge in [-0.3, -0.25) is 0 Å². The minimum atomic E-state index is -5.28. The smallest absolute Gasteiger partial charge is 0.426 e. The maximum Gasteiger partial charge on any atom is 0.426 e. The summed E-state index contributed by atoms with van der Waals surface area (Å²) in [4.78, 5) is 22.0. The highest BCUT2D eigenvalue weighted by Crippen LogP contribution is 2.43. The van der Waals surface area contributed by atoms with Crippen LogP contribution in [-0.2, 0) is 37.5 Å². The van der Waals surface area contributed by atoms with Crippen LogP contribution in [0.25, 0.3) is 0 Å². The van der Waals surface area contributed by atoms with Gasteiger partial charge in [-0.15, -0.1) is 0 Å². The molecule has 0 aromatic heterocycles. The van der Waals surface area contributed by atoms with Crippen molar-refractivity contribution in [2.45, 2.75) is 44.1 Å². The van der Waals surface area contributed by atoms with E-state index in [2.05, 4.69) is 46.3 Å². The van der Waals surface area contributed by atoms with E-state index >= 15 is 0 Å². The monoisotopic (exact) mass is 702 g/mol. The van der Waals surface area contributed by atoms with Crippen LogP contribution >= 0.6 is 0 Å². The molecule has 3 aromatic carbocycles. The highest BCUT2D eigenvalue weighted by molar-refractivity contribution is 5.81. The molecule has 0 saturated carbocycles. The van der Waals surface area contributed by atoms with Crippen molar-refractivity contribution >= 4 is 11.9 Å². The summed E-state index contributed by atoms with van der Waals surface area (Å²) in [6, 6.07) is 9.97. The molecule has 0 aliphatic heterocycles. The van der Waals surface area contributed by atoms with Crippen molar-refractivity contribution in [1.29, 1.82) is 0 Å². The van der Waals surface area contributed by atoms with Crippen LogP contribution in [-0.4, -0.2) is 25.2 Å². The number of benzene rings is 3. The average Bonchev–Trinajstić information content (AvgIpc) is 3.08. The van der Waals surface area contributed by atoms with Crippen LogP contribution in [0.1, 0.15) is 53.5 Å². The highest BCUT2D eigenvalue weighted by Gasteiger charge is 2.42. The lowest BCUT2D eigenvalue weighted by atomic mass is 10.1. The lowest BCUT2D eigenvalue weighted by molar-refractivity contribution is -0.193. The van der Waals surface area contributed by atoms with Crippen LogP contribution in [0, 0.1) is 23.7 Å². The number of hydrogen-bond acceptors (Lipinski definition) is 6. The molecule has 0 aliphatic carbocycles. The molecule has 0 bridgehead atoms. The summed E-state index contributed by atoms with van der Waals surface area (Å²) in [5, 5.41) is 0. The second-order valence-electron chi connectivity index (χ2n) is 10.1. The third-order valence-corrected chi connectivity index (χ3v) is 6.36. The lowest BCUT2D eigenvalue weighted by Crippen LogP contribution is -2.24. The molecule has 0 aliphatic rings. The van der Waals surface area contributed by atoms with Crippen molar-refractivity contribution in [3.05, 3.63) is 120 Å². The van der Waals surface area contributed by atoms with Gasteiger partial charge in [0.15, 0.2) is 0 Å². The third kappa shape index (κ3) is 12.1. The molecule has 262 valence electrons. The standard InChI is InChI=1S/C37H29F7O6/c1-3-33(45)47-23-9-5-7-11-26-13-17-28(18-14-26)36(41,42)49-30-21-22-32(31(25-30)35(38,39)40)50-37(43,44)29-19-15-27(16-20-29)12-8-6-10-24-48-34(46)4-2/h3-4,13-22,25H,1-2,5-6,9-10,23-24H2. The number of hydrogen-bond donors (Lipinski definition) is 0. The fraction of sp³-hybridized carbons (Fsp3) is 0.243. The SMILES string of the molecule is C=CC(=O)OCCCC#Cc1ccc(C(F)(F)Oc2ccc(OC(F)(F)c3ccc(C#CCCCOC(=O)C=C)cc3)c(C(F)(F)F)c2)cc1. The van der Waals surface area contributed by atoms with Crippen LogP contribution in [0.2, 0.25) is 0 Å². The van der Waals surface area contributed by atoms with Crippen molar-refractivity contribution < 1.29 is 59.3 Å². The van der Waals surface area contributed by atoms with Gasteiger partial charge < -0.3 is 18.9 Å². The van der Waals surface area contributed by atoms with E-state index in [0.29, 0.717) is 48.9 Å². The van der Waals surface area contributed by atoms with Crippen LogP contribution in [0.5, 0.6) is 11.5 Å². The Morgan fingerprint density at radius 1 is 0.640 bits per heavy atom. The van der Waals surface area contributed by atoms with Gasteiger partial charge in [-0.2, -0.15) is 30.7 Å². The summed E-state index contributed by atoms with van der Waals surface area (Å²) >= 11 is 0. The van der Waals surface area contributed by atoms with E-state index in [0.717, 1.165) is 36.4 Å². The largest absolute Gasteiger partial charge is 0.463 e. The maximum atomic E-state index is 15.0. The average molecular weight is 703 g/mol. The quantitative estimate of drug-likeness (QED) is 0.0551. The maximum absolute atomic E-state index is 15.0. The minimum Gasteiger partial charge on any atom is -0.463 e. The first-order chi connectivity index (χ1) is 23.6. The molecule has 0 atom stereocenters.